The minimum absolute atomic E-state index is 0.570. The van der Waals surface area contributed by atoms with E-state index >= 15 is 0 Å². The predicted molar refractivity (Wildman–Crippen MR) is 49.5 cm³/mol. The van der Waals surface area contributed by atoms with Crippen LogP contribution in [0.3, 0.4) is 0 Å². The molecule has 1 saturated carbocycles. The fourth-order valence-corrected chi connectivity index (χ4v) is 1.95. The van der Waals surface area contributed by atoms with E-state index in [9.17, 15) is 0 Å². The van der Waals surface area contributed by atoms with Crippen molar-refractivity contribution < 1.29 is 0 Å². The summed E-state index contributed by atoms with van der Waals surface area (Å²) in [5, 5.41) is 0. The molecule has 2 fully saturated rings. The first-order valence-electron chi connectivity index (χ1n) is 5.07. The van der Waals surface area contributed by atoms with E-state index in [1.165, 1.54) is 45.3 Å². The van der Waals surface area contributed by atoms with E-state index in [1.54, 1.807) is 0 Å². The van der Waals surface area contributed by atoms with Crippen LogP contribution in [0.2, 0.25) is 0 Å². The van der Waals surface area contributed by atoms with Crippen LogP contribution in [0.5, 0.6) is 0 Å². The number of likely N-dealkylation sites (tertiary alicyclic amines) is 1. The quantitative estimate of drug-likeness (QED) is 0.472. The van der Waals surface area contributed by atoms with Crippen LogP contribution in [0, 0.1) is 5.92 Å². The molecule has 1 aliphatic heterocycles. The van der Waals surface area contributed by atoms with E-state index in [0.717, 1.165) is 5.92 Å². The van der Waals surface area contributed by atoms with Crippen LogP contribution in [0.25, 0.3) is 0 Å². The number of nitrogens with zero attached hydrogens (tertiary/aromatic N) is 1. The van der Waals surface area contributed by atoms with Crippen molar-refractivity contribution >= 4 is 0 Å². The first-order valence-corrected chi connectivity index (χ1v) is 5.07. The smallest absolute Gasteiger partial charge is 0.0234 e. The number of hydrazine groups is 1. The Bertz CT molecular complexity index is 137. The zero-order valence-electron chi connectivity index (χ0n) is 7.63. The van der Waals surface area contributed by atoms with E-state index in [0.29, 0.717) is 6.04 Å². The number of hydrogen-bond donors (Lipinski definition) is 2. The van der Waals surface area contributed by atoms with Crippen LogP contribution in [0.15, 0.2) is 0 Å². The Labute approximate surface area is 74.3 Å². The second kappa shape index (κ2) is 3.73. The van der Waals surface area contributed by atoms with Gasteiger partial charge in [0.15, 0.2) is 0 Å². The summed E-state index contributed by atoms with van der Waals surface area (Å²) in [6.45, 7) is 3.83. The van der Waals surface area contributed by atoms with E-state index in [4.69, 9.17) is 5.84 Å². The Balaban J connectivity index is 1.66. The predicted octanol–water partition coefficient (Wildman–Crippen LogP) is 0.324. The van der Waals surface area contributed by atoms with Crippen molar-refractivity contribution in [3.8, 4) is 0 Å². The summed E-state index contributed by atoms with van der Waals surface area (Å²) in [5.74, 6) is 6.43. The van der Waals surface area contributed by atoms with Gasteiger partial charge in [-0.05, 0) is 44.7 Å². The Morgan fingerprint density at radius 3 is 2.33 bits per heavy atom. The summed E-state index contributed by atoms with van der Waals surface area (Å²) >= 11 is 0. The van der Waals surface area contributed by atoms with Gasteiger partial charge >= 0.3 is 0 Å². The summed E-state index contributed by atoms with van der Waals surface area (Å²) in [4.78, 5) is 2.59. The maximum Gasteiger partial charge on any atom is 0.0234 e. The van der Waals surface area contributed by atoms with Crippen molar-refractivity contribution in [1.29, 1.82) is 0 Å². The summed E-state index contributed by atoms with van der Waals surface area (Å²) in [6, 6.07) is 0.570. The van der Waals surface area contributed by atoms with Gasteiger partial charge in [-0.25, -0.2) is 0 Å². The number of piperidine rings is 1. The summed E-state index contributed by atoms with van der Waals surface area (Å²) in [7, 11) is 0. The summed E-state index contributed by atoms with van der Waals surface area (Å²) < 4.78 is 0. The summed E-state index contributed by atoms with van der Waals surface area (Å²) in [6.07, 6.45) is 5.39. The molecule has 12 heavy (non-hydrogen) atoms. The molecule has 3 N–H and O–H groups in total. The highest BCUT2D eigenvalue weighted by Crippen LogP contribution is 2.30. The van der Waals surface area contributed by atoms with Gasteiger partial charge in [-0.2, -0.15) is 0 Å². The van der Waals surface area contributed by atoms with Gasteiger partial charge in [0.05, 0.1) is 0 Å². The first kappa shape index (κ1) is 8.48. The van der Waals surface area contributed by atoms with Crippen LogP contribution in [0.4, 0.5) is 0 Å². The molecule has 0 radical (unpaired) electrons. The second-order valence-electron chi connectivity index (χ2n) is 4.18. The van der Waals surface area contributed by atoms with Gasteiger partial charge < -0.3 is 4.90 Å². The van der Waals surface area contributed by atoms with Crippen molar-refractivity contribution in [3.05, 3.63) is 0 Å². The third kappa shape index (κ3) is 2.19. The Morgan fingerprint density at radius 1 is 1.17 bits per heavy atom. The van der Waals surface area contributed by atoms with Crippen LogP contribution < -0.4 is 11.3 Å². The second-order valence-corrected chi connectivity index (χ2v) is 4.18. The molecule has 0 amide bonds. The largest absolute Gasteiger partial charge is 0.303 e. The Morgan fingerprint density at radius 2 is 1.83 bits per heavy atom. The highest BCUT2D eigenvalue weighted by molar-refractivity contribution is 4.81. The van der Waals surface area contributed by atoms with Crippen LogP contribution in [-0.2, 0) is 0 Å². The molecule has 0 aromatic heterocycles. The molecule has 0 aromatic carbocycles. The van der Waals surface area contributed by atoms with Crippen molar-refractivity contribution in [3.63, 3.8) is 0 Å². The zero-order chi connectivity index (χ0) is 8.39. The zero-order valence-corrected chi connectivity index (χ0v) is 7.63. The van der Waals surface area contributed by atoms with Gasteiger partial charge in [-0.15, -0.1) is 0 Å². The number of nitrogens with one attached hydrogen (secondary N) is 1. The highest BCUT2D eigenvalue weighted by atomic mass is 15.2. The van der Waals surface area contributed by atoms with Gasteiger partial charge in [0.2, 0.25) is 0 Å². The standard InChI is InChI=1S/C9H19N3/c10-11-9-3-5-12(6-4-9)7-8-1-2-8/h8-9,11H,1-7,10H2. The third-order valence-electron chi connectivity index (χ3n) is 3.04. The lowest BCUT2D eigenvalue weighted by atomic mass is 10.1. The monoisotopic (exact) mass is 169 g/mol. The molecule has 0 bridgehead atoms. The lowest BCUT2D eigenvalue weighted by Gasteiger charge is -2.31. The van der Waals surface area contributed by atoms with E-state index in [-0.39, 0.29) is 0 Å². The maximum atomic E-state index is 5.39. The molecule has 3 heteroatoms. The molecule has 70 valence electrons. The van der Waals surface area contributed by atoms with Crippen molar-refractivity contribution in [1.82, 2.24) is 10.3 Å². The van der Waals surface area contributed by atoms with Gasteiger partial charge in [0, 0.05) is 12.6 Å². The van der Waals surface area contributed by atoms with E-state index in [2.05, 4.69) is 10.3 Å². The molecule has 1 heterocycles. The summed E-state index contributed by atoms with van der Waals surface area (Å²) in [5.41, 5.74) is 2.87. The molecule has 2 rings (SSSR count). The first-order chi connectivity index (χ1) is 5.88. The molecular formula is C9H19N3. The third-order valence-corrected chi connectivity index (χ3v) is 3.04. The molecule has 0 aromatic rings. The molecule has 3 nitrogen and oxygen atoms in total. The minimum Gasteiger partial charge on any atom is -0.303 e. The fourth-order valence-electron chi connectivity index (χ4n) is 1.95. The highest BCUT2D eigenvalue weighted by Gasteiger charge is 2.26. The Kier molecular flexibility index (Phi) is 2.63. The van der Waals surface area contributed by atoms with Crippen LogP contribution >= 0.6 is 0 Å². The molecule has 0 atom stereocenters. The molecular weight excluding hydrogens is 150 g/mol. The molecule has 0 unspecified atom stereocenters. The lowest BCUT2D eigenvalue weighted by Crippen LogP contribution is -2.45. The molecule has 1 saturated heterocycles. The fraction of sp³-hybridized carbons (Fsp3) is 1.00. The normalized spacial score (nSPS) is 27.8. The van der Waals surface area contributed by atoms with Crippen molar-refractivity contribution in [2.75, 3.05) is 19.6 Å². The van der Waals surface area contributed by atoms with Gasteiger partial charge in [-0.3, -0.25) is 11.3 Å². The van der Waals surface area contributed by atoms with Crippen molar-refractivity contribution in [2.45, 2.75) is 31.7 Å². The van der Waals surface area contributed by atoms with Gasteiger partial charge in [-0.1, -0.05) is 0 Å². The van der Waals surface area contributed by atoms with E-state index in [1.807, 2.05) is 0 Å². The van der Waals surface area contributed by atoms with Gasteiger partial charge in [0.1, 0.15) is 0 Å². The molecule has 2 aliphatic rings. The number of hydrogen-bond acceptors (Lipinski definition) is 3. The van der Waals surface area contributed by atoms with Crippen LogP contribution in [-0.4, -0.2) is 30.6 Å². The minimum atomic E-state index is 0.570. The van der Waals surface area contributed by atoms with Gasteiger partial charge in [0.25, 0.3) is 0 Å². The lowest BCUT2D eigenvalue weighted by molar-refractivity contribution is 0.191. The van der Waals surface area contributed by atoms with Crippen LogP contribution in [0.1, 0.15) is 25.7 Å². The molecule has 0 spiro atoms. The topological polar surface area (TPSA) is 41.3 Å². The van der Waals surface area contributed by atoms with Crippen molar-refractivity contribution in [2.24, 2.45) is 11.8 Å². The Hall–Kier alpha value is -0.120. The number of nitrogens with two attached hydrogens (primary N) is 1. The van der Waals surface area contributed by atoms with E-state index < -0.39 is 0 Å². The SMILES string of the molecule is NNC1CCN(CC2CC2)CC1. The number of rotatable bonds is 3. The average Bonchev–Trinajstić information content (AvgIpc) is 2.90. The molecule has 1 aliphatic carbocycles. The maximum absolute atomic E-state index is 5.39. The average molecular weight is 169 g/mol.